The van der Waals surface area contributed by atoms with Crippen LogP contribution >= 0.6 is 0 Å². The molecule has 0 radical (unpaired) electrons. The molecule has 1 saturated heterocycles. The van der Waals surface area contributed by atoms with E-state index in [1.165, 1.54) is 0 Å². The fourth-order valence-electron chi connectivity index (χ4n) is 4.61. The zero-order valence-corrected chi connectivity index (χ0v) is 21.6. The van der Waals surface area contributed by atoms with Crippen LogP contribution in [0.2, 0.25) is 0 Å². The molecule has 1 aliphatic rings. The van der Waals surface area contributed by atoms with Gasteiger partial charge in [-0.2, -0.15) is 0 Å². The average Bonchev–Trinajstić information content (AvgIpc) is 3.18. The lowest BCUT2D eigenvalue weighted by molar-refractivity contribution is -0.132. The minimum absolute atomic E-state index is 0.184. The minimum Gasteiger partial charge on any atom is -0.507 e. The predicted octanol–water partition coefficient (Wildman–Crippen LogP) is 6.23. The van der Waals surface area contributed by atoms with Crippen LogP contribution in [0.1, 0.15) is 44.4 Å². The van der Waals surface area contributed by atoms with Crippen LogP contribution in [0.15, 0.2) is 72.3 Å². The molecule has 6 nitrogen and oxygen atoms in total. The number of carbonyl (C=O) groups is 2. The van der Waals surface area contributed by atoms with Gasteiger partial charge in [0, 0.05) is 30.4 Å². The van der Waals surface area contributed by atoms with Crippen LogP contribution in [0, 0.1) is 11.6 Å². The number of aliphatic hydroxyl groups excluding tert-OH is 1. The topological polar surface area (TPSA) is 70.1 Å². The molecule has 8 heteroatoms. The van der Waals surface area contributed by atoms with Crippen molar-refractivity contribution in [1.82, 2.24) is 0 Å². The molecule has 0 spiro atoms. The Labute approximate surface area is 220 Å². The second-order valence-corrected chi connectivity index (χ2v) is 8.90. The summed E-state index contributed by atoms with van der Waals surface area (Å²) in [6.07, 6.45) is 0.832. The Morgan fingerprint density at radius 3 is 2.18 bits per heavy atom. The molecular formula is C30H30F2N2O4. The minimum atomic E-state index is -1.13. The van der Waals surface area contributed by atoms with Gasteiger partial charge in [-0.3, -0.25) is 14.5 Å². The number of aliphatic hydroxyl groups is 1. The molecule has 38 heavy (non-hydrogen) atoms. The number of nitrogens with zero attached hydrogens (tertiary/aromatic N) is 2. The fraction of sp³-hybridized carbons (Fsp3) is 0.267. The third-order valence-electron chi connectivity index (χ3n) is 6.55. The number of amides is 1. The molecule has 3 aromatic carbocycles. The van der Waals surface area contributed by atoms with Crippen LogP contribution in [-0.2, 0) is 9.59 Å². The lowest BCUT2D eigenvalue weighted by Crippen LogP contribution is -2.30. The SMILES string of the molecule is CCCOc1ccc(/C(O)=C2\C(=O)C(=O)N(c3ccc(F)cc3F)C2c2ccc(N(CC)CC)cc2)cc1. The summed E-state index contributed by atoms with van der Waals surface area (Å²) in [5, 5.41) is 11.3. The first-order chi connectivity index (χ1) is 18.3. The van der Waals surface area contributed by atoms with Gasteiger partial charge in [0.05, 0.1) is 23.9 Å². The molecule has 0 aliphatic carbocycles. The number of anilines is 2. The summed E-state index contributed by atoms with van der Waals surface area (Å²) in [6.45, 7) is 8.14. The van der Waals surface area contributed by atoms with Crippen molar-refractivity contribution in [1.29, 1.82) is 0 Å². The maximum absolute atomic E-state index is 14.9. The number of halogens is 2. The van der Waals surface area contributed by atoms with Crippen LogP contribution in [0.3, 0.4) is 0 Å². The molecule has 0 saturated carbocycles. The largest absolute Gasteiger partial charge is 0.507 e. The number of hydrogen-bond donors (Lipinski definition) is 1. The monoisotopic (exact) mass is 520 g/mol. The molecule has 1 fully saturated rings. The van der Waals surface area contributed by atoms with Crippen molar-refractivity contribution in [2.75, 3.05) is 29.5 Å². The van der Waals surface area contributed by atoms with Crippen molar-refractivity contribution < 1.29 is 28.2 Å². The van der Waals surface area contributed by atoms with E-state index in [-0.39, 0.29) is 11.3 Å². The Morgan fingerprint density at radius 2 is 1.61 bits per heavy atom. The first-order valence-corrected chi connectivity index (χ1v) is 12.6. The molecule has 1 amide bonds. The lowest BCUT2D eigenvalue weighted by Gasteiger charge is -2.27. The van der Waals surface area contributed by atoms with Crippen LogP contribution in [0.25, 0.3) is 5.76 Å². The van der Waals surface area contributed by atoms with Crippen molar-refractivity contribution in [3.8, 4) is 5.75 Å². The maximum Gasteiger partial charge on any atom is 0.300 e. The zero-order valence-electron chi connectivity index (χ0n) is 21.6. The average molecular weight is 521 g/mol. The Morgan fingerprint density at radius 1 is 0.947 bits per heavy atom. The van der Waals surface area contributed by atoms with E-state index in [1.54, 1.807) is 36.4 Å². The van der Waals surface area contributed by atoms with Crippen LogP contribution < -0.4 is 14.5 Å². The van der Waals surface area contributed by atoms with Gasteiger partial charge in [0.2, 0.25) is 0 Å². The second kappa shape index (κ2) is 11.5. The molecule has 0 aromatic heterocycles. The summed E-state index contributed by atoms with van der Waals surface area (Å²) < 4.78 is 34.2. The molecule has 4 rings (SSSR count). The molecule has 1 heterocycles. The molecular weight excluding hydrogens is 490 g/mol. The summed E-state index contributed by atoms with van der Waals surface area (Å²) in [6, 6.07) is 15.4. The van der Waals surface area contributed by atoms with Crippen molar-refractivity contribution in [2.45, 2.75) is 33.2 Å². The molecule has 1 unspecified atom stereocenters. The number of Topliss-reactive ketones (excluding diaryl/α,β-unsaturated/α-hetero) is 1. The summed E-state index contributed by atoms with van der Waals surface area (Å²) in [4.78, 5) is 29.7. The second-order valence-electron chi connectivity index (χ2n) is 8.90. The number of carbonyl (C=O) groups excluding carboxylic acids is 2. The van der Waals surface area contributed by atoms with Crippen molar-refractivity contribution in [3.63, 3.8) is 0 Å². The number of ether oxygens (including phenoxy) is 1. The van der Waals surface area contributed by atoms with E-state index in [2.05, 4.69) is 4.90 Å². The highest BCUT2D eigenvalue weighted by molar-refractivity contribution is 6.51. The van der Waals surface area contributed by atoms with Crippen molar-refractivity contribution >= 4 is 28.8 Å². The molecule has 0 bridgehead atoms. The third kappa shape index (κ3) is 5.11. The Kier molecular flexibility index (Phi) is 8.10. The molecule has 1 atom stereocenters. The van der Waals surface area contributed by atoms with E-state index in [1.807, 2.05) is 32.9 Å². The highest BCUT2D eigenvalue weighted by atomic mass is 19.1. The van der Waals surface area contributed by atoms with E-state index in [9.17, 15) is 23.5 Å². The molecule has 198 valence electrons. The highest BCUT2D eigenvalue weighted by Crippen LogP contribution is 2.43. The van der Waals surface area contributed by atoms with Crippen LogP contribution in [0.5, 0.6) is 5.75 Å². The summed E-state index contributed by atoms with van der Waals surface area (Å²) in [5.74, 6) is -3.58. The van der Waals surface area contributed by atoms with E-state index in [0.717, 1.165) is 42.2 Å². The Bertz CT molecular complexity index is 1350. The van der Waals surface area contributed by atoms with E-state index in [0.29, 0.717) is 29.5 Å². The Balaban J connectivity index is 1.86. The standard InChI is InChI=1S/C30H30F2N2O4/c1-4-17-38-23-14-9-20(10-15-23)28(35)26-27(19-7-12-22(13-8-19)33(5-2)6-3)34(30(37)29(26)36)25-16-11-21(31)18-24(25)32/h7-16,18,27,35H,4-6,17H2,1-3H3/b28-26+. The lowest BCUT2D eigenvalue weighted by atomic mass is 9.94. The fourth-order valence-corrected chi connectivity index (χ4v) is 4.61. The van der Waals surface area contributed by atoms with Gasteiger partial charge < -0.3 is 14.7 Å². The summed E-state index contributed by atoms with van der Waals surface area (Å²) in [7, 11) is 0. The highest BCUT2D eigenvalue weighted by Gasteiger charge is 2.47. The van der Waals surface area contributed by atoms with Gasteiger partial charge in [0.1, 0.15) is 23.1 Å². The van der Waals surface area contributed by atoms with Gasteiger partial charge in [-0.25, -0.2) is 8.78 Å². The normalized spacial score (nSPS) is 16.7. The smallest absolute Gasteiger partial charge is 0.300 e. The van der Waals surface area contributed by atoms with Gasteiger partial charge in [0.25, 0.3) is 11.7 Å². The number of rotatable bonds is 9. The van der Waals surface area contributed by atoms with Gasteiger partial charge in [0.15, 0.2) is 0 Å². The summed E-state index contributed by atoms with van der Waals surface area (Å²) in [5.41, 5.74) is 1.29. The first kappa shape index (κ1) is 26.9. The van der Waals surface area contributed by atoms with Crippen LogP contribution in [0.4, 0.5) is 20.2 Å². The summed E-state index contributed by atoms with van der Waals surface area (Å²) >= 11 is 0. The number of hydrogen-bond acceptors (Lipinski definition) is 5. The zero-order chi connectivity index (χ0) is 27.4. The van der Waals surface area contributed by atoms with Gasteiger partial charge in [-0.15, -0.1) is 0 Å². The van der Waals surface area contributed by atoms with E-state index < -0.39 is 35.1 Å². The quantitative estimate of drug-likeness (QED) is 0.206. The van der Waals surface area contributed by atoms with Gasteiger partial charge >= 0.3 is 0 Å². The predicted molar refractivity (Wildman–Crippen MR) is 143 cm³/mol. The Hall–Kier alpha value is -4.20. The van der Waals surface area contributed by atoms with E-state index >= 15 is 0 Å². The first-order valence-electron chi connectivity index (χ1n) is 12.6. The van der Waals surface area contributed by atoms with Crippen LogP contribution in [-0.4, -0.2) is 36.5 Å². The number of ketones is 1. The molecule has 1 aliphatic heterocycles. The van der Waals surface area contributed by atoms with Crippen molar-refractivity contribution in [3.05, 3.63) is 95.1 Å². The maximum atomic E-state index is 14.9. The van der Waals surface area contributed by atoms with Gasteiger partial charge in [-0.1, -0.05) is 19.1 Å². The third-order valence-corrected chi connectivity index (χ3v) is 6.55. The van der Waals surface area contributed by atoms with E-state index in [4.69, 9.17) is 4.74 Å². The number of benzene rings is 3. The van der Waals surface area contributed by atoms with Gasteiger partial charge in [-0.05, 0) is 74.4 Å². The van der Waals surface area contributed by atoms with Crippen molar-refractivity contribution in [2.24, 2.45) is 0 Å². The molecule has 1 N–H and O–H groups in total. The molecule has 3 aromatic rings.